The largest absolute Gasteiger partial charge is 0.396 e. The van der Waals surface area contributed by atoms with Crippen molar-refractivity contribution >= 4 is 11.6 Å². The van der Waals surface area contributed by atoms with Gasteiger partial charge >= 0.3 is 0 Å². The van der Waals surface area contributed by atoms with Gasteiger partial charge < -0.3 is 11.5 Å². The topological polar surface area (TPSA) is 124 Å². The molecule has 2 rings (SSSR count). The number of rotatable bonds is 2. The summed E-state index contributed by atoms with van der Waals surface area (Å²) in [4.78, 5) is 14.9. The third kappa shape index (κ3) is 1.91. The molecule has 0 spiro atoms. The van der Waals surface area contributed by atoms with Crippen molar-refractivity contribution in [2.75, 3.05) is 5.73 Å². The van der Waals surface area contributed by atoms with Gasteiger partial charge in [-0.2, -0.15) is 10.4 Å². The molecule has 0 aromatic carbocycles. The zero-order valence-corrected chi connectivity index (χ0v) is 8.66. The molecule has 17 heavy (non-hydrogen) atoms. The highest BCUT2D eigenvalue weighted by molar-refractivity contribution is 5.92. The molecule has 0 fully saturated rings. The van der Waals surface area contributed by atoms with Crippen LogP contribution in [0.5, 0.6) is 0 Å². The summed E-state index contributed by atoms with van der Waals surface area (Å²) < 4.78 is 1.35. The van der Waals surface area contributed by atoms with Gasteiger partial charge in [-0.1, -0.05) is 0 Å². The number of nitriles is 1. The first-order chi connectivity index (χ1) is 8.11. The van der Waals surface area contributed by atoms with Gasteiger partial charge in [-0.25, -0.2) is 9.67 Å². The molecule has 1 amide bonds. The lowest BCUT2D eigenvalue weighted by molar-refractivity contribution is 0.100. The Kier molecular flexibility index (Phi) is 2.46. The zero-order chi connectivity index (χ0) is 12.4. The number of pyridine rings is 1. The lowest BCUT2D eigenvalue weighted by Crippen LogP contribution is -2.09. The summed E-state index contributed by atoms with van der Waals surface area (Å²) in [6.45, 7) is 0. The van der Waals surface area contributed by atoms with Crippen molar-refractivity contribution in [2.24, 2.45) is 5.73 Å². The predicted molar refractivity (Wildman–Crippen MR) is 59.0 cm³/mol. The van der Waals surface area contributed by atoms with E-state index < -0.39 is 5.91 Å². The van der Waals surface area contributed by atoms with Crippen LogP contribution in [0.4, 0.5) is 5.69 Å². The van der Waals surface area contributed by atoms with E-state index in [0.717, 1.165) is 0 Å². The molecule has 0 unspecified atom stereocenters. The SMILES string of the molecule is N#Cc1nc(-n2cc(C(N)=O)cn2)ccc1N. The minimum atomic E-state index is -0.577. The van der Waals surface area contributed by atoms with E-state index in [1.807, 2.05) is 6.07 Å². The van der Waals surface area contributed by atoms with Crippen LogP contribution in [-0.2, 0) is 0 Å². The summed E-state index contributed by atoms with van der Waals surface area (Å²) in [5.74, 6) is -0.185. The van der Waals surface area contributed by atoms with E-state index in [1.165, 1.54) is 17.1 Å². The predicted octanol–water partition coefficient (Wildman–Crippen LogP) is -0.180. The van der Waals surface area contributed by atoms with E-state index in [-0.39, 0.29) is 11.3 Å². The van der Waals surface area contributed by atoms with Crippen LogP contribution >= 0.6 is 0 Å². The fourth-order valence-corrected chi connectivity index (χ4v) is 1.25. The number of carbonyl (C=O) groups is 1. The van der Waals surface area contributed by atoms with Gasteiger partial charge in [0.1, 0.15) is 6.07 Å². The number of amides is 1. The first-order valence-electron chi connectivity index (χ1n) is 4.63. The summed E-state index contributed by atoms with van der Waals surface area (Å²) >= 11 is 0. The summed E-state index contributed by atoms with van der Waals surface area (Å²) in [7, 11) is 0. The number of aromatic nitrogens is 3. The number of hydrogen-bond acceptors (Lipinski definition) is 5. The minimum absolute atomic E-state index is 0.110. The molecule has 7 nitrogen and oxygen atoms in total. The molecule has 0 aliphatic rings. The van der Waals surface area contributed by atoms with E-state index in [4.69, 9.17) is 16.7 Å². The number of primary amides is 1. The van der Waals surface area contributed by atoms with Gasteiger partial charge in [0.15, 0.2) is 11.5 Å². The highest BCUT2D eigenvalue weighted by Gasteiger charge is 2.08. The number of nitrogen functional groups attached to an aromatic ring is 1. The average molecular weight is 228 g/mol. The number of nitrogens with two attached hydrogens (primary N) is 2. The third-order valence-electron chi connectivity index (χ3n) is 2.12. The first kappa shape index (κ1) is 10.6. The van der Waals surface area contributed by atoms with Crippen molar-refractivity contribution in [1.29, 1.82) is 5.26 Å². The Labute approximate surface area is 96.3 Å². The molecule has 2 heterocycles. The molecule has 4 N–H and O–H groups in total. The van der Waals surface area contributed by atoms with Crippen LogP contribution in [0.1, 0.15) is 16.1 Å². The van der Waals surface area contributed by atoms with Crippen LogP contribution in [0.25, 0.3) is 5.82 Å². The first-order valence-corrected chi connectivity index (χ1v) is 4.63. The van der Waals surface area contributed by atoms with Gasteiger partial charge in [-0.3, -0.25) is 4.79 Å². The van der Waals surface area contributed by atoms with E-state index in [2.05, 4.69) is 10.1 Å². The molecule has 2 aromatic rings. The molecule has 0 aliphatic carbocycles. The van der Waals surface area contributed by atoms with Gasteiger partial charge in [0.25, 0.3) is 5.91 Å². The maximum atomic E-state index is 10.9. The molecule has 0 radical (unpaired) electrons. The third-order valence-corrected chi connectivity index (χ3v) is 2.12. The highest BCUT2D eigenvalue weighted by atomic mass is 16.1. The second-order valence-electron chi connectivity index (χ2n) is 3.26. The van der Waals surface area contributed by atoms with Crippen LogP contribution in [0, 0.1) is 11.3 Å². The Balaban J connectivity index is 2.46. The van der Waals surface area contributed by atoms with Crippen molar-refractivity contribution in [1.82, 2.24) is 14.8 Å². The number of carbonyl (C=O) groups excluding carboxylic acids is 1. The lowest BCUT2D eigenvalue weighted by Gasteiger charge is -2.01. The molecule has 84 valence electrons. The molecule has 0 saturated carbocycles. The summed E-state index contributed by atoms with van der Waals surface area (Å²) in [5.41, 5.74) is 11.3. The van der Waals surface area contributed by atoms with Crippen LogP contribution in [0.3, 0.4) is 0 Å². The van der Waals surface area contributed by atoms with Crippen molar-refractivity contribution in [3.8, 4) is 11.9 Å². The van der Waals surface area contributed by atoms with Gasteiger partial charge in [0, 0.05) is 6.20 Å². The van der Waals surface area contributed by atoms with Crippen molar-refractivity contribution in [2.45, 2.75) is 0 Å². The maximum absolute atomic E-state index is 10.9. The Morgan fingerprint density at radius 1 is 1.47 bits per heavy atom. The summed E-state index contributed by atoms with van der Waals surface area (Å²) in [6.07, 6.45) is 2.76. The summed E-state index contributed by atoms with van der Waals surface area (Å²) in [6, 6.07) is 5.01. The second-order valence-corrected chi connectivity index (χ2v) is 3.26. The monoisotopic (exact) mass is 228 g/mol. The minimum Gasteiger partial charge on any atom is -0.396 e. The van der Waals surface area contributed by atoms with Gasteiger partial charge in [-0.15, -0.1) is 0 Å². The number of hydrogen-bond donors (Lipinski definition) is 2. The molecule has 7 heteroatoms. The standard InChI is InChI=1S/C10H8N6O/c11-3-8-7(12)1-2-9(15-8)16-5-6(4-14-16)10(13)17/h1-2,4-5H,12H2,(H2,13,17). The van der Waals surface area contributed by atoms with E-state index in [1.54, 1.807) is 12.1 Å². The highest BCUT2D eigenvalue weighted by Crippen LogP contribution is 2.12. The van der Waals surface area contributed by atoms with Crippen molar-refractivity contribution in [3.05, 3.63) is 35.8 Å². The molecule has 0 aliphatic heterocycles. The van der Waals surface area contributed by atoms with Gasteiger partial charge in [0.05, 0.1) is 17.4 Å². The van der Waals surface area contributed by atoms with Gasteiger partial charge in [-0.05, 0) is 12.1 Å². The average Bonchev–Trinajstić information content (AvgIpc) is 2.79. The van der Waals surface area contributed by atoms with Crippen molar-refractivity contribution in [3.63, 3.8) is 0 Å². The molecule has 0 saturated heterocycles. The molecular weight excluding hydrogens is 220 g/mol. The second kappa shape index (κ2) is 3.94. The quantitative estimate of drug-likeness (QED) is 0.737. The zero-order valence-electron chi connectivity index (χ0n) is 8.66. The van der Waals surface area contributed by atoms with E-state index in [0.29, 0.717) is 11.5 Å². The molecule has 0 bridgehead atoms. The van der Waals surface area contributed by atoms with Crippen LogP contribution in [0.15, 0.2) is 24.5 Å². The van der Waals surface area contributed by atoms with E-state index >= 15 is 0 Å². The molecule has 2 aromatic heterocycles. The van der Waals surface area contributed by atoms with Crippen molar-refractivity contribution < 1.29 is 4.79 Å². The molecule has 0 atom stereocenters. The Hall–Kier alpha value is -2.88. The Morgan fingerprint density at radius 2 is 2.24 bits per heavy atom. The van der Waals surface area contributed by atoms with Crippen LogP contribution in [-0.4, -0.2) is 20.7 Å². The maximum Gasteiger partial charge on any atom is 0.251 e. The fraction of sp³-hybridized carbons (Fsp3) is 0. The van der Waals surface area contributed by atoms with Gasteiger partial charge in [0.2, 0.25) is 0 Å². The lowest BCUT2D eigenvalue weighted by atomic mass is 10.3. The number of anilines is 1. The number of nitrogens with zero attached hydrogens (tertiary/aromatic N) is 4. The molecular formula is C10H8N6O. The van der Waals surface area contributed by atoms with Crippen LogP contribution in [0.2, 0.25) is 0 Å². The summed E-state index contributed by atoms with van der Waals surface area (Å²) in [5, 5.41) is 12.7. The smallest absolute Gasteiger partial charge is 0.251 e. The Morgan fingerprint density at radius 3 is 2.82 bits per heavy atom. The normalized spacial score (nSPS) is 9.82. The Bertz CT molecular complexity index is 624. The van der Waals surface area contributed by atoms with Crippen LogP contribution < -0.4 is 11.5 Å². The van der Waals surface area contributed by atoms with E-state index in [9.17, 15) is 4.79 Å². The fourth-order valence-electron chi connectivity index (χ4n) is 1.25.